The van der Waals surface area contributed by atoms with Crippen LogP contribution in [0.5, 0.6) is 0 Å². The molecule has 0 bridgehead atoms. The Hall–Kier alpha value is -2.00. The predicted octanol–water partition coefficient (Wildman–Crippen LogP) is -2.51. The predicted molar refractivity (Wildman–Crippen MR) is 78.6 cm³/mol. The highest BCUT2D eigenvalue weighted by atomic mass is 16.3. The number of nitrogens with one attached hydrogen (secondary N) is 4. The zero-order valence-corrected chi connectivity index (χ0v) is 13.1. The highest BCUT2D eigenvalue weighted by Gasteiger charge is 2.11. The highest BCUT2D eigenvalue weighted by molar-refractivity contribution is 5.90. The van der Waals surface area contributed by atoms with E-state index >= 15 is 0 Å². The molecule has 9 nitrogen and oxygen atoms in total. The van der Waals surface area contributed by atoms with Crippen molar-refractivity contribution >= 4 is 23.5 Å². The molecule has 0 radical (unpaired) electrons. The first-order chi connectivity index (χ1) is 10.2. The first kappa shape index (κ1) is 20.0. The summed E-state index contributed by atoms with van der Waals surface area (Å²) in [6.07, 6.45) is -0.822. The van der Waals surface area contributed by atoms with Crippen LogP contribution >= 0.6 is 0 Å². The smallest absolute Gasteiger partial charge is 0.239 e. The number of carbonyl (C=O) groups is 4. The molecule has 0 aromatic carbocycles. The van der Waals surface area contributed by atoms with E-state index in [1.54, 1.807) is 13.8 Å². The average Bonchev–Trinajstić information content (AvgIpc) is 2.45. The summed E-state index contributed by atoms with van der Waals surface area (Å²) in [6.45, 7) is 4.17. The highest BCUT2D eigenvalue weighted by Crippen LogP contribution is 1.91. The van der Waals surface area contributed by atoms with Gasteiger partial charge in [-0.1, -0.05) is 13.8 Å². The summed E-state index contributed by atoms with van der Waals surface area (Å²) < 4.78 is 0. The molecule has 0 aromatic heterocycles. The lowest BCUT2D eigenvalue weighted by atomic mass is 10.1. The van der Waals surface area contributed by atoms with Crippen LogP contribution in [0.4, 0.5) is 0 Å². The van der Waals surface area contributed by atoms with Gasteiger partial charge in [0.15, 0.2) is 5.78 Å². The molecule has 0 aromatic rings. The third-order valence-corrected chi connectivity index (χ3v) is 2.55. The van der Waals surface area contributed by atoms with Crippen molar-refractivity contribution in [2.24, 2.45) is 5.92 Å². The SMILES string of the molecule is CC(O)NCC(=O)NCC(=O)NCC(=O)NCC(=O)C(C)C. The average molecular weight is 316 g/mol. The Morgan fingerprint density at radius 1 is 0.773 bits per heavy atom. The van der Waals surface area contributed by atoms with Crippen molar-refractivity contribution in [1.29, 1.82) is 0 Å². The third kappa shape index (κ3) is 10.7. The summed E-state index contributed by atoms with van der Waals surface area (Å²) in [6, 6.07) is 0. The van der Waals surface area contributed by atoms with Gasteiger partial charge in [-0.05, 0) is 6.92 Å². The second-order valence-corrected chi connectivity index (χ2v) is 5.01. The minimum Gasteiger partial charge on any atom is -0.379 e. The van der Waals surface area contributed by atoms with Gasteiger partial charge in [-0.2, -0.15) is 0 Å². The van der Waals surface area contributed by atoms with Crippen molar-refractivity contribution in [3.05, 3.63) is 0 Å². The Bertz CT molecular complexity index is 409. The first-order valence-electron chi connectivity index (χ1n) is 6.96. The lowest BCUT2D eigenvalue weighted by Gasteiger charge is -2.09. The van der Waals surface area contributed by atoms with Gasteiger partial charge in [-0.15, -0.1) is 0 Å². The summed E-state index contributed by atoms with van der Waals surface area (Å²) in [7, 11) is 0. The number of hydrogen-bond donors (Lipinski definition) is 5. The van der Waals surface area contributed by atoms with Crippen LogP contribution in [0.25, 0.3) is 0 Å². The van der Waals surface area contributed by atoms with Crippen LogP contribution in [-0.4, -0.2) is 61.0 Å². The van der Waals surface area contributed by atoms with E-state index in [1.165, 1.54) is 6.92 Å². The van der Waals surface area contributed by atoms with E-state index in [2.05, 4.69) is 21.3 Å². The minimum absolute atomic E-state index is 0.0753. The summed E-state index contributed by atoms with van der Waals surface area (Å²) in [4.78, 5) is 45.3. The lowest BCUT2D eigenvalue weighted by Crippen LogP contribution is -2.45. The van der Waals surface area contributed by atoms with Crippen molar-refractivity contribution in [1.82, 2.24) is 21.3 Å². The molecule has 0 aliphatic rings. The number of amides is 3. The molecule has 1 atom stereocenters. The molecule has 0 heterocycles. The molecular weight excluding hydrogens is 292 g/mol. The normalized spacial score (nSPS) is 11.7. The maximum Gasteiger partial charge on any atom is 0.239 e. The number of rotatable bonds is 10. The fraction of sp³-hybridized carbons (Fsp3) is 0.692. The van der Waals surface area contributed by atoms with Crippen molar-refractivity contribution in [3.8, 4) is 0 Å². The number of aliphatic hydroxyl groups excluding tert-OH is 1. The van der Waals surface area contributed by atoms with E-state index in [0.717, 1.165) is 0 Å². The van der Waals surface area contributed by atoms with E-state index in [-0.39, 0.29) is 37.9 Å². The van der Waals surface area contributed by atoms with Crippen LogP contribution in [0.3, 0.4) is 0 Å². The van der Waals surface area contributed by atoms with Crippen LogP contribution < -0.4 is 21.3 Å². The second kappa shape index (κ2) is 10.7. The number of Topliss-reactive ketones (excluding diaryl/α,β-unsaturated/α-hetero) is 1. The van der Waals surface area contributed by atoms with Gasteiger partial charge in [-0.25, -0.2) is 0 Å². The van der Waals surface area contributed by atoms with E-state index in [0.29, 0.717) is 0 Å². The van der Waals surface area contributed by atoms with Crippen molar-refractivity contribution in [2.45, 2.75) is 27.0 Å². The van der Waals surface area contributed by atoms with E-state index < -0.39 is 23.9 Å². The van der Waals surface area contributed by atoms with Gasteiger partial charge in [0.2, 0.25) is 17.7 Å². The minimum atomic E-state index is -0.822. The summed E-state index contributed by atoms with van der Waals surface area (Å²) in [5.74, 6) is -1.74. The van der Waals surface area contributed by atoms with Crippen LogP contribution in [0.15, 0.2) is 0 Å². The standard InChI is InChI=1S/C13H24N4O5/c1-8(2)10(19)4-15-12(21)6-17-13(22)7-16-11(20)5-14-9(3)18/h8-9,14,18H,4-7H2,1-3H3,(H,15,21)(H,16,20)(H,17,22). The molecular formula is C13H24N4O5. The largest absolute Gasteiger partial charge is 0.379 e. The topological polar surface area (TPSA) is 137 Å². The molecule has 0 aliphatic heterocycles. The molecule has 126 valence electrons. The molecule has 0 spiro atoms. The second-order valence-electron chi connectivity index (χ2n) is 5.01. The summed E-state index contributed by atoms with van der Waals surface area (Å²) in [5.41, 5.74) is 0. The lowest BCUT2D eigenvalue weighted by molar-refractivity contribution is -0.128. The maximum absolute atomic E-state index is 11.4. The van der Waals surface area contributed by atoms with Gasteiger partial charge < -0.3 is 21.1 Å². The molecule has 0 saturated carbocycles. The Morgan fingerprint density at radius 2 is 1.18 bits per heavy atom. The Labute approximate surface area is 129 Å². The first-order valence-corrected chi connectivity index (χ1v) is 6.96. The van der Waals surface area contributed by atoms with E-state index in [1.807, 2.05) is 0 Å². The molecule has 0 aliphatic carbocycles. The molecule has 0 fully saturated rings. The van der Waals surface area contributed by atoms with Crippen molar-refractivity contribution < 1.29 is 24.3 Å². The monoisotopic (exact) mass is 316 g/mol. The zero-order chi connectivity index (χ0) is 17.1. The van der Waals surface area contributed by atoms with Crippen LogP contribution in [0.1, 0.15) is 20.8 Å². The molecule has 5 N–H and O–H groups in total. The Balaban J connectivity index is 3.78. The number of carbonyl (C=O) groups excluding carboxylic acids is 4. The van der Waals surface area contributed by atoms with Crippen molar-refractivity contribution in [3.63, 3.8) is 0 Å². The Kier molecular flexibility index (Phi) is 9.72. The molecule has 3 amide bonds. The number of hydrogen-bond acceptors (Lipinski definition) is 6. The number of aliphatic hydroxyl groups is 1. The van der Waals surface area contributed by atoms with Gasteiger partial charge in [-0.3, -0.25) is 24.5 Å². The van der Waals surface area contributed by atoms with E-state index in [9.17, 15) is 19.2 Å². The summed E-state index contributed by atoms with van der Waals surface area (Å²) >= 11 is 0. The fourth-order valence-electron chi connectivity index (χ4n) is 1.18. The van der Waals surface area contributed by atoms with Gasteiger partial charge in [0.05, 0.1) is 26.2 Å². The maximum atomic E-state index is 11.4. The van der Waals surface area contributed by atoms with E-state index in [4.69, 9.17) is 5.11 Å². The molecule has 0 saturated heterocycles. The van der Waals surface area contributed by atoms with Gasteiger partial charge in [0, 0.05) is 5.92 Å². The van der Waals surface area contributed by atoms with Crippen LogP contribution in [0.2, 0.25) is 0 Å². The third-order valence-electron chi connectivity index (χ3n) is 2.55. The fourth-order valence-corrected chi connectivity index (χ4v) is 1.18. The van der Waals surface area contributed by atoms with Crippen LogP contribution in [-0.2, 0) is 19.2 Å². The van der Waals surface area contributed by atoms with Crippen LogP contribution in [0, 0.1) is 5.92 Å². The van der Waals surface area contributed by atoms with Crippen molar-refractivity contribution in [2.75, 3.05) is 26.2 Å². The van der Waals surface area contributed by atoms with Gasteiger partial charge >= 0.3 is 0 Å². The van der Waals surface area contributed by atoms with Gasteiger partial charge in [0.1, 0.15) is 6.23 Å². The molecule has 22 heavy (non-hydrogen) atoms. The summed E-state index contributed by atoms with van der Waals surface area (Å²) in [5, 5.41) is 18.4. The van der Waals surface area contributed by atoms with Gasteiger partial charge in [0.25, 0.3) is 0 Å². The molecule has 9 heteroatoms. The molecule has 1 unspecified atom stereocenters. The molecule has 0 rings (SSSR count). The zero-order valence-electron chi connectivity index (χ0n) is 13.1. The Morgan fingerprint density at radius 3 is 1.59 bits per heavy atom. The quantitative estimate of drug-likeness (QED) is 0.282. The number of ketones is 1.